The van der Waals surface area contributed by atoms with Crippen LogP contribution in [0.4, 0.5) is 4.39 Å². The van der Waals surface area contributed by atoms with E-state index in [2.05, 4.69) is 4.90 Å². The third-order valence-corrected chi connectivity index (χ3v) is 4.14. The molecular weight excluding hydrogens is 231 g/mol. The molecule has 18 heavy (non-hydrogen) atoms. The predicted molar refractivity (Wildman–Crippen MR) is 69.7 cm³/mol. The van der Waals surface area contributed by atoms with Gasteiger partial charge in [0.2, 0.25) is 0 Å². The van der Waals surface area contributed by atoms with E-state index in [1.807, 2.05) is 26.1 Å². The predicted octanol–water partition coefficient (Wildman–Crippen LogP) is 1.76. The number of benzene rings is 1. The first kappa shape index (κ1) is 13.5. The Morgan fingerprint density at radius 1 is 1.50 bits per heavy atom. The van der Waals surface area contributed by atoms with Crippen molar-refractivity contribution in [3.8, 4) is 0 Å². The summed E-state index contributed by atoms with van der Waals surface area (Å²) in [5, 5.41) is 0. The zero-order chi connectivity index (χ0) is 13.2. The minimum Gasteiger partial charge on any atom is -0.376 e. The molecule has 1 heterocycles. The molecule has 0 aromatic heterocycles. The Hall–Kier alpha value is -0.970. The molecule has 2 unspecified atom stereocenters. The Morgan fingerprint density at radius 2 is 2.22 bits per heavy atom. The summed E-state index contributed by atoms with van der Waals surface area (Å²) in [4.78, 5) is 2.13. The van der Waals surface area contributed by atoms with Gasteiger partial charge in [-0.3, -0.25) is 4.90 Å². The molecule has 1 aliphatic rings. The van der Waals surface area contributed by atoms with E-state index < -0.39 is 0 Å². The van der Waals surface area contributed by atoms with Crippen LogP contribution in [0.1, 0.15) is 18.9 Å². The zero-order valence-electron chi connectivity index (χ0n) is 11.0. The second-order valence-corrected chi connectivity index (χ2v) is 5.02. The van der Waals surface area contributed by atoms with E-state index in [9.17, 15) is 4.39 Å². The molecule has 0 aliphatic carbocycles. The molecule has 2 rings (SSSR count). The monoisotopic (exact) mass is 252 g/mol. The molecule has 2 atom stereocenters. The summed E-state index contributed by atoms with van der Waals surface area (Å²) in [6.07, 6.45) is 0.981. The fourth-order valence-electron chi connectivity index (χ4n) is 2.74. The average Bonchev–Trinajstić information content (AvgIpc) is 2.74. The first-order chi connectivity index (χ1) is 8.60. The van der Waals surface area contributed by atoms with E-state index in [1.165, 1.54) is 6.07 Å². The Morgan fingerprint density at radius 3 is 2.78 bits per heavy atom. The van der Waals surface area contributed by atoms with Crippen molar-refractivity contribution >= 4 is 0 Å². The quantitative estimate of drug-likeness (QED) is 0.887. The summed E-state index contributed by atoms with van der Waals surface area (Å²) < 4.78 is 19.3. The molecule has 0 amide bonds. The normalized spacial score (nSPS) is 27.9. The average molecular weight is 252 g/mol. The van der Waals surface area contributed by atoms with E-state index in [0.717, 1.165) is 13.0 Å². The molecule has 1 aromatic carbocycles. The molecule has 0 radical (unpaired) electrons. The lowest BCUT2D eigenvalue weighted by molar-refractivity contribution is 0.0240. The van der Waals surface area contributed by atoms with Gasteiger partial charge < -0.3 is 10.5 Å². The van der Waals surface area contributed by atoms with Crippen molar-refractivity contribution < 1.29 is 9.13 Å². The van der Waals surface area contributed by atoms with Gasteiger partial charge in [0.1, 0.15) is 5.82 Å². The van der Waals surface area contributed by atoms with Gasteiger partial charge in [-0.2, -0.15) is 0 Å². The topological polar surface area (TPSA) is 38.5 Å². The van der Waals surface area contributed by atoms with Crippen molar-refractivity contribution in [2.45, 2.75) is 31.5 Å². The summed E-state index contributed by atoms with van der Waals surface area (Å²) in [5.74, 6) is -0.164. The maximum atomic E-state index is 13.7. The molecule has 3 nitrogen and oxygen atoms in total. The lowest BCUT2D eigenvalue weighted by atomic mass is 9.90. The Bertz CT molecular complexity index is 413. The lowest BCUT2D eigenvalue weighted by Crippen LogP contribution is -2.56. The third kappa shape index (κ3) is 2.28. The van der Waals surface area contributed by atoms with E-state index >= 15 is 0 Å². The highest BCUT2D eigenvalue weighted by Crippen LogP contribution is 2.31. The Kier molecular flexibility index (Phi) is 4.00. The minimum atomic E-state index is -0.178. The highest BCUT2D eigenvalue weighted by Gasteiger charge is 2.43. The number of halogens is 1. The van der Waals surface area contributed by atoms with Crippen molar-refractivity contribution in [1.82, 2.24) is 4.90 Å². The summed E-state index contributed by atoms with van der Waals surface area (Å²) in [5.41, 5.74) is 6.46. The molecule has 4 heteroatoms. The number of nitrogens with two attached hydrogens (primary N) is 1. The molecule has 100 valence electrons. The number of likely N-dealkylation sites (N-methyl/N-ethyl adjacent to an activating group) is 1. The van der Waals surface area contributed by atoms with Gasteiger partial charge in [-0.15, -0.1) is 0 Å². The highest BCUT2D eigenvalue weighted by molar-refractivity contribution is 5.18. The molecule has 1 aliphatic heterocycles. The minimum absolute atomic E-state index is 0.0827. The van der Waals surface area contributed by atoms with Crippen LogP contribution in [0.3, 0.4) is 0 Å². The van der Waals surface area contributed by atoms with E-state index in [1.54, 1.807) is 6.07 Å². The van der Waals surface area contributed by atoms with Gasteiger partial charge in [0.15, 0.2) is 0 Å². The van der Waals surface area contributed by atoms with Crippen LogP contribution >= 0.6 is 0 Å². The molecule has 2 N–H and O–H groups in total. The largest absolute Gasteiger partial charge is 0.376 e. The third-order valence-electron chi connectivity index (χ3n) is 4.14. The van der Waals surface area contributed by atoms with Crippen LogP contribution in [0.5, 0.6) is 0 Å². The molecule has 0 bridgehead atoms. The van der Waals surface area contributed by atoms with Crippen LogP contribution in [0.15, 0.2) is 24.3 Å². The van der Waals surface area contributed by atoms with Gasteiger partial charge in [0.05, 0.1) is 11.6 Å². The van der Waals surface area contributed by atoms with Crippen LogP contribution in [0.25, 0.3) is 0 Å². The summed E-state index contributed by atoms with van der Waals surface area (Å²) in [7, 11) is 1.99. The molecule has 1 fully saturated rings. The van der Waals surface area contributed by atoms with Gasteiger partial charge in [-0.05, 0) is 26.5 Å². The van der Waals surface area contributed by atoms with E-state index in [4.69, 9.17) is 10.5 Å². The fourth-order valence-corrected chi connectivity index (χ4v) is 2.74. The second kappa shape index (κ2) is 5.34. The zero-order valence-corrected chi connectivity index (χ0v) is 11.0. The molecule has 1 saturated heterocycles. The summed E-state index contributed by atoms with van der Waals surface area (Å²) >= 11 is 0. The summed E-state index contributed by atoms with van der Waals surface area (Å²) in [6, 6.07) is 6.87. The van der Waals surface area contributed by atoms with E-state index in [0.29, 0.717) is 18.7 Å². The standard InChI is InChI=1S/C14H21FN2O/c1-11-14(10-16,7-8-18-11)17(2)9-12-5-3-4-6-13(12)15/h3-6,11H,7-10,16H2,1-2H3. The highest BCUT2D eigenvalue weighted by atomic mass is 19.1. The van der Waals surface area contributed by atoms with Gasteiger partial charge in [0.25, 0.3) is 0 Å². The number of rotatable bonds is 4. The first-order valence-electron chi connectivity index (χ1n) is 6.36. The van der Waals surface area contributed by atoms with Crippen molar-refractivity contribution in [2.75, 3.05) is 20.2 Å². The van der Waals surface area contributed by atoms with Crippen LogP contribution in [0.2, 0.25) is 0 Å². The van der Waals surface area contributed by atoms with Crippen LogP contribution in [-0.4, -0.2) is 36.7 Å². The van der Waals surface area contributed by atoms with Gasteiger partial charge in [-0.25, -0.2) is 4.39 Å². The maximum Gasteiger partial charge on any atom is 0.127 e. The molecule has 0 saturated carbocycles. The number of hydrogen-bond donors (Lipinski definition) is 1. The van der Waals surface area contributed by atoms with Gasteiger partial charge >= 0.3 is 0 Å². The lowest BCUT2D eigenvalue weighted by Gasteiger charge is -2.40. The Labute approximate surface area is 108 Å². The van der Waals surface area contributed by atoms with E-state index in [-0.39, 0.29) is 17.5 Å². The fraction of sp³-hybridized carbons (Fsp3) is 0.571. The van der Waals surface area contributed by atoms with Crippen LogP contribution in [0, 0.1) is 5.82 Å². The van der Waals surface area contributed by atoms with Crippen molar-refractivity contribution in [3.63, 3.8) is 0 Å². The maximum absolute atomic E-state index is 13.7. The molecule has 0 spiro atoms. The Balaban J connectivity index is 2.16. The summed E-state index contributed by atoms with van der Waals surface area (Å²) in [6.45, 7) is 3.84. The van der Waals surface area contributed by atoms with Gasteiger partial charge in [0, 0.05) is 25.3 Å². The number of ether oxygens (including phenoxy) is 1. The molecule has 1 aromatic rings. The second-order valence-electron chi connectivity index (χ2n) is 5.02. The first-order valence-corrected chi connectivity index (χ1v) is 6.36. The number of nitrogens with zero attached hydrogens (tertiary/aromatic N) is 1. The molecular formula is C14H21FN2O. The number of hydrogen-bond acceptors (Lipinski definition) is 3. The van der Waals surface area contributed by atoms with Crippen LogP contribution in [-0.2, 0) is 11.3 Å². The van der Waals surface area contributed by atoms with Crippen LogP contribution < -0.4 is 5.73 Å². The van der Waals surface area contributed by atoms with Crippen molar-refractivity contribution in [3.05, 3.63) is 35.6 Å². The van der Waals surface area contributed by atoms with Gasteiger partial charge in [-0.1, -0.05) is 18.2 Å². The smallest absolute Gasteiger partial charge is 0.127 e. The SMILES string of the molecule is CC1OCCC1(CN)N(C)Cc1ccccc1F. The van der Waals surface area contributed by atoms with Crippen molar-refractivity contribution in [2.24, 2.45) is 5.73 Å². The van der Waals surface area contributed by atoms with Crippen molar-refractivity contribution in [1.29, 1.82) is 0 Å².